The lowest BCUT2D eigenvalue weighted by Crippen LogP contribution is -2.43. The maximum atomic E-state index is 13.1. The van der Waals surface area contributed by atoms with E-state index in [-0.39, 0.29) is 11.8 Å². The molecule has 4 aromatic rings. The van der Waals surface area contributed by atoms with Crippen LogP contribution in [0.2, 0.25) is 0 Å². The van der Waals surface area contributed by atoms with Crippen molar-refractivity contribution in [2.45, 2.75) is 25.8 Å². The minimum Gasteiger partial charge on any atom is -0.327 e. The molecule has 2 amide bonds. The SMILES string of the molecule is Cc1csc(-c2ccc(C(=O)N3CCCC3C(=O)Nc3nc4ccccc4s3)cc2)n1. The van der Waals surface area contributed by atoms with E-state index in [1.807, 2.05) is 60.8 Å². The first kappa shape index (κ1) is 19.8. The average molecular weight is 449 g/mol. The highest BCUT2D eigenvalue weighted by molar-refractivity contribution is 7.22. The van der Waals surface area contributed by atoms with Crippen LogP contribution in [0.25, 0.3) is 20.8 Å². The van der Waals surface area contributed by atoms with E-state index in [4.69, 9.17) is 0 Å². The molecule has 0 aliphatic carbocycles. The minimum absolute atomic E-state index is 0.121. The zero-order valence-electron chi connectivity index (χ0n) is 16.9. The molecule has 5 rings (SSSR count). The monoisotopic (exact) mass is 448 g/mol. The number of anilines is 1. The molecule has 1 aliphatic rings. The summed E-state index contributed by atoms with van der Waals surface area (Å²) >= 11 is 3.02. The molecule has 1 fully saturated rings. The average Bonchev–Trinajstić information content (AvgIpc) is 3.52. The van der Waals surface area contributed by atoms with E-state index >= 15 is 0 Å². The highest BCUT2D eigenvalue weighted by Gasteiger charge is 2.35. The molecular weight excluding hydrogens is 428 g/mol. The van der Waals surface area contributed by atoms with Gasteiger partial charge < -0.3 is 10.2 Å². The van der Waals surface area contributed by atoms with E-state index in [0.717, 1.165) is 32.9 Å². The number of fused-ring (bicyclic) bond motifs is 1. The number of amides is 2. The topological polar surface area (TPSA) is 75.2 Å². The number of nitrogens with one attached hydrogen (secondary N) is 1. The van der Waals surface area contributed by atoms with Gasteiger partial charge in [0, 0.05) is 28.7 Å². The second-order valence-electron chi connectivity index (χ2n) is 7.50. The van der Waals surface area contributed by atoms with Crippen molar-refractivity contribution in [2.75, 3.05) is 11.9 Å². The van der Waals surface area contributed by atoms with E-state index < -0.39 is 6.04 Å². The number of hydrogen-bond acceptors (Lipinski definition) is 6. The van der Waals surface area contributed by atoms with E-state index in [9.17, 15) is 9.59 Å². The van der Waals surface area contributed by atoms with Crippen molar-refractivity contribution >= 4 is 49.8 Å². The molecular formula is C23H20N4O2S2. The molecule has 1 aliphatic heterocycles. The minimum atomic E-state index is -0.485. The summed E-state index contributed by atoms with van der Waals surface area (Å²) in [5.74, 6) is -0.302. The first-order chi connectivity index (χ1) is 15.1. The lowest BCUT2D eigenvalue weighted by atomic mass is 10.1. The number of thiazole rings is 2. The smallest absolute Gasteiger partial charge is 0.254 e. The molecule has 2 aromatic carbocycles. The van der Waals surface area contributed by atoms with Gasteiger partial charge >= 0.3 is 0 Å². The Balaban J connectivity index is 1.31. The zero-order chi connectivity index (χ0) is 21.4. The molecule has 0 saturated carbocycles. The molecule has 156 valence electrons. The molecule has 3 heterocycles. The van der Waals surface area contributed by atoms with Crippen molar-refractivity contribution in [2.24, 2.45) is 0 Å². The van der Waals surface area contributed by atoms with Gasteiger partial charge in [0.2, 0.25) is 5.91 Å². The molecule has 1 N–H and O–H groups in total. The number of nitrogens with zero attached hydrogens (tertiary/aromatic N) is 3. The Morgan fingerprint density at radius 1 is 1.10 bits per heavy atom. The molecule has 2 aromatic heterocycles. The van der Waals surface area contributed by atoms with Gasteiger partial charge in [0.25, 0.3) is 5.91 Å². The number of aromatic nitrogens is 2. The number of aryl methyl sites for hydroxylation is 1. The second-order valence-corrected chi connectivity index (χ2v) is 9.39. The number of para-hydroxylation sites is 1. The van der Waals surface area contributed by atoms with Gasteiger partial charge in [-0.2, -0.15) is 0 Å². The standard InChI is InChI=1S/C23H20N4O2S2/c1-14-13-30-21(24-14)15-8-10-16(11-9-15)22(29)27-12-4-6-18(27)20(28)26-23-25-17-5-2-3-7-19(17)31-23/h2-3,5,7-11,13,18H,4,6,12H2,1H3,(H,25,26,28). The third-order valence-electron chi connectivity index (χ3n) is 5.34. The van der Waals surface area contributed by atoms with Crippen LogP contribution < -0.4 is 5.32 Å². The first-order valence-corrected chi connectivity index (χ1v) is 11.8. The van der Waals surface area contributed by atoms with Gasteiger partial charge in [-0.3, -0.25) is 9.59 Å². The van der Waals surface area contributed by atoms with Crippen LogP contribution in [0.3, 0.4) is 0 Å². The lowest BCUT2D eigenvalue weighted by Gasteiger charge is -2.23. The number of hydrogen-bond donors (Lipinski definition) is 1. The summed E-state index contributed by atoms with van der Waals surface area (Å²) in [5, 5.41) is 6.42. The molecule has 0 bridgehead atoms. The molecule has 31 heavy (non-hydrogen) atoms. The van der Waals surface area contributed by atoms with E-state index in [2.05, 4.69) is 15.3 Å². The van der Waals surface area contributed by atoms with Crippen molar-refractivity contribution < 1.29 is 9.59 Å². The summed E-state index contributed by atoms with van der Waals surface area (Å²) in [4.78, 5) is 36.7. The number of carbonyl (C=O) groups excluding carboxylic acids is 2. The van der Waals surface area contributed by atoms with Crippen LogP contribution in [0.1, 0.15) is 28.9 Å². The maximum Gasteiger partial charge on any atom is 0.254 e. The Kier molecular flexibility index (Phi) is 5.25. The highest BCUT2D eigenvalue weighted by Crippen LogP contribution is 2.28. The summed E-state index contributed by atoms with van der Waals surface area (Å²) < 4.78 is 1.02. The fourth-order valence-corrected chi connectivity index (χ4v) is 5.48. The Bertz CT molecular complexity index is 1230. The van der Waals surface area contributed by atoms with Crippen molar-refractivity contribution in [3.63, 3.8) is 0 Å². The summed E-state index contributed by atoms with van der Waals surface area (Å²) in [6, 6.07) is 14.7. The summed E-state index contributed by atoms with van der Waals surface area (Å²) in [5.41, 5.74) is 3.41. The second kappa shape index (κ2) is 8.20. The summed E-state index contributed by atoms with van der Waals surface area (Å²) in [7, 11) is 0. The largest absolute Gasteiger partial charge is 0.327 e. The Hall–Kier alpha value is -3.10. The van der Waals surface area contributed by atoms with Gasteiger partial charge in [-0.1, -0.05) is 35.6 Å². The Labute approximate surface area is 187 Å². The van der Waals surface area contributed by atoms with Crippen LogP contribution in [0.15, 0.2) is 53.9 Å². The van der Waals surface area contributed by atoms with Crippen LogP contribution in [0.4, 0.5) is 5.13 Å². The summed E-state index contributed by atoms with van der Waals surface area (Å²) in [6.45, 7) is 2.54. The number of carbonyl (C=O) groups is 2. The van der Waals surface area contributed by atoms with Gasteiger partial charge in [-0.15, -0.1) is 11.3 Å². The Morgan fingerprint density at radius 2 is 1.90 bits per heavy atom. The quantitative estimate of drug-likeness (QED) is 0.478. The fraction of sp³-hybridized carbons (Fsp3) is 0.217. The molecule has 1 atom stereocenters. The van der Waals surface area contributed by atoms with Crippen molar-refractivity contribution in [3.8, 4) is 10.6 Å². The third-order valence-corrected chi connectivity index (χ3v) is 7.30. The van der Waals surface area contributed by atoms with Crippen LogP contribution in [0, 0.1) is 6.92 Å². The Morgan fingerprint density at radius 3 is 2.65 bits per heavy atom. The summed E-state index contributed by atoms with van der Waals surface area (Å²) in [6.07, 6.45) is 1.46. The van der Waals surface area contributed by atoms with Crippen molar-refractivity contribution in [3.05, 3.63) is 65.2 Å². The van der Waals surface area contributed by atoms with Gasteiger partial charge in [0.05, 0.1) is 10.2 Å². The molecule has 8 heteroatoms. The normalized spacial score (nSPS) is 16.0. The van der Waals surface area contributed by atoms with E-state index in [1.165, 1.54) is 11.3 Å². The van der Waals surface area contributed by atoms with Gasteiger partial charge in [0.15, 0.2) is 5.13 Å². The van der Waals surface area contributed by atoms with Crippen LogP contribution in [-0.2, 0) is 4.79 Å². The highest BCUT2D eigenvalue weighted by atomic mass is 32.1. The zero-order valence-corrected chi connectivity index (χ0v) is 18.5. The van der Waals surface area contributed by atoms with Gasteiger partial charge in [0.1, 0.15) is 11.0 Å². The maximum absolute atomic E-state index is 13.1. The molecule has 0 spiro atoms. The first-order valence-electron chi connectivity index (χ1n) is 10.1. The molecule has 1 saturated heterocycles. The van der Waals surface area contributed by atoms with Gasteiger partial charge in [-0.05, 0) is 44.0 Å². The van der Waals surface area contributed by atoms with E-state index in [1.54, 1.807) is 16.2 Å². The molecule has 0 radical (unpaired) electrons. The van der Waals surface area contributed by atoms with Crippen molar-refractivity contribution in [1.29, 1.82) is 0 Å². The van der Waals surface area contributed by atoms with Crippen LogP contribution >= 0.6 is 22.7 Å². The predicted molar refractivity (Wildman–Crippen MR) is 125 cm³/mol. The van der Waals surface area contributed by atoms with E-state index in [0.29, 0.717) is 23.7 Å². The molecule has 1 unspecified atom stereocenters. The number of likely N-dealkylation sites (tertiary alicyclic amines) is 1. The lowest BCUT2D eigenvalue weighted by molar-refractivity contribution is -0.119. The third kappa shape index (κ3) is 3.96. The van der Waals surface area contributed by atoms with Gasteiger partial charge in [-0.25, -0.2) is 9.97 Å². The van der Waals surface area contributed by atoms with Crippen LogP contribution in [0.5, 0.6) is 0 Å². The number of rotatable bonds is 4. The number of benzene rings is 2. The van der Waals surface area contributed by atoms with Crippen LogP contribution in [-0.4, -0.2) is 39.3 Å². The molecule has 6 nitrogen and oxygen atoms in total. The van der Waals surface area contributed by atoms with Crippen molar-refractivity contribution in [1.82, 2.24) is 14.9 Å². The predicted octanol–water partition coefficient (Wildman–Crippen LogP) is 4.97. The fourth-order valence-electron chi connectivity index (χ4n) is 3.80.